The van der Waals surface area contributed by atoms with Crippen LogP contribution in [0, 0.1) is 17.6 Å². The highest BCUT2D eigenvalue weighted by atomic mass is 19.4. The Balaban J connectivity index is 0.000000423. The van der Waals surface area contributed by atoms with E-state index in [0.29, 0.717) is 23.9 Å². The van der Waals surface area contributed by atoms with E-state index >= 15 is 0 Å². The number of aliphatic carboxylic acids is 1. The third-order valence-electron chi connectivity index (χ3n) is 4.69. The summed E-state index contributed by atoms with van der Waals surface area (Å²) in [5.74, 6) is -2.67. The maximum atomic E-state index is 13.8. The first-order valence-corrected chi connectivity index (χ1v) is 9.68. The lowest BCUT2D eigenvalue weighted by molar-refractivity contribution is -0.192. The van der Waals surface area contributed by atoms with Gasteiger partial charge in [0.05, 0.1) is 5.69 Å². The number of carboxylic acids is 1. The van der Waals surface area contributed by atoms with Crippen LogP contribution >= 0.6 is 0 Å². The van der Waals surface area contributed by atoms with Crippen LogP contribution in [0.15, 0.2) is 24.3 Å². The summed E-state index contributed by atoms with van der Waals surface area (Å²) in [5.41, 5.74) is 1.23. The number of nitrogens with one attached hydrogen (secondary N) is 1. The van der Waals surface area contributed by atoms with Crippen LogP contribution in [0.3, 0.4) is 0 Å². The Labute approximate surface area is 176 Å². The normalized spacial score (nSPS) is 14.3. The first-order valence-electron chi connectivity index (χ1n) is 9.68. The van der Waals surface area contributed by atoms with Gasteiger partial charge in [-0.25, -0.2) is 18.3 Å². The predicted octanol–water partition coefficient (Wildman–Crippen LogP) is 4.28. The highest BCUT2D eigenvalue weighted by molar-refractivity contribution is 5.73. The number of hydrogen-bond acceptors (Lipinski definition) is 4. The third kappa shape index (κ3) is 7.82. The molecule has 0 unspecified atom stereocenters. The topological polar surface area (TPSA) is 76.4 Å². The van der Waals surface area contributed by atoms with Crippen LogP contribution in [-0.2, 0) is 24.5 Å². The first kappa shape index (κ1) is 24.6. The minimum atomic E-state index is -5.08. The molecule has 31 heavy (non-hydrogen) atoms. The number of hydrogen-bond donors (Lipinski definition) is 2. The average molecular weight is 449 g/mol. The summed E-state index contributed by atoms with van der Waals surface area (Å²) in [5, 5.41) is 14.8. The van der Waals surface area contributed by atoms with Crippen LogP contribution in [-0.4, -0.2) is 34.1 Å². The van der Waals surface area contributed by atoms with E-state index < -0.39 is 23.8 Å². The van der Waals surface area contributed by atoms with Crippen molar-refractivity contribution >= 4 is 5.97 Å². The first-order chi connectivity index (χ1) is 14.6. The van der Waals surface area contributed by atoms with E-state index in [2.05, 4.69) is 10.4 Å². The molecule has 6 nitrogen and oxygen atoms in total. The molecule has 1 heterocycles. The molecule has 0 saturated heterocycles. The van der Waals surface area contributed by atoms with Gasteiger partial charge in [0.1, 0.15) is 18.2 Å². The molecule has 0 spiro atoms. The van der Waals surface area contributed by atoms with E-state index in [9.17, 15) is 22.0 Å². The van der Waals surface area contributed by atoms with E-state index in [1.54, 1.807) is 0 Å². The molecule has 0 amide bonds. The van der Waals surface area contributed by atoms with E-state index in [1.165, 1.54) is 37.8 Å². The highest BCUT2D eigenvalue weighted by Gasteiger charge is 2.38. The lowest BCUT2D eigenvalue weighted by Gasteiger charge is -2.13. The van der Waals surface area contributed by atoms with Crippen molar-refractivity contribution in [2.24, 2.45) is 5.92 Å². The van der Waals surface area contributed by atoms with Crippen molar-refractivity contribution in [3.63, 3.8) is 0 Å². The number of carbonyl (C=O) groups is 1. The Bertz CT molecular complexity index is 864. The Morgan fingerprint density at radius 2 is 1.90 bits per heavy atom. The van der Waals surface area contributed by atoms with Gasteiger partial charge in [0, 0.05) is 30.8 Å². The van der Waals surface area contributed by atoms with Crippen LogP contribution in [0.4, 0.5) is 22.0 Å². The molecule has 1 saturated carbocycles. The van der Waals surface area contributed by atoms with E-state index in [1.807, 2.05) is 17.8 Å². The molecular weight excluding hydrogens is 425 g/mol. The van der Waals surface area contributed by atoms with Crippen LogP contribution in [0.1, 0.15) is 36.9 Å². The average Bonchev–Trinajstić information content (AvgIpc) is 3.31. The summed E-state index contributed by atoms with van der Waals surface area (Å²) in [6.07, 6.45) is -0.112. The van der Waals surface area contributed by atoms with Crippen LogP contribution in [0.25, 0.3) is 0 Å². The van der Waals surface area contributed by atoms with Gasteiger partial charge in [-0.1, -0.05) is 12.8 Å². The molecule has 11 heteroatoms. The van der Waals surface area contributed by atoms with Gasteiger partial charge in [-0.05, 0) is 37.9 Å². The van der Waals surface area contributed by atoms with Gasteiger partial charge in [0.15, 0.2) is 0 Å². The zero-order valence-electron chi connectivity index (χ0n) is 16.9. The van der Waals surface area contributed by atoms with Gasteiger partial charge >= 0.3 is 12.1 Å². The molecule has 0 aliphatic heterocycles. The Morgan fingerprint density at radius 3 is 2.45 bits per heavy atom. The minimum absolute atomic E-state index is 0.0570. The molecule has 2 N–H and O–H groups in total. The number of carboxylic acid groups (broad SMARTS) is 1. The van der Waals surface area contributed by atoms with Crippen molar-refractivity contribution in [1.82, 2.24) is 15.1 Å². The zero-order valence-corrected chi connectivity index (χ0v) is 16.9. The second-order valence-corrected chi connectivity index (χ2v) is 7.16. The van der Waals surface area contributed by atoms with Crippen molar-refractivity contribution in [2.75, 3.05) is 7.05 Å². The maximum Gasteiger partial charge on any atom is 0.490 e. The van der Waals surface area contributed by atoms with E-state index in [-0.39, 0.29) is 6.61 Å². The predicted molar refractivity (Wildman–Crippen MR) is 101 cm³/mol. The van der Waals surface area contributed by atoms with Crippen molar-refractivity contribution in [3.8, 4) is 5.88 Å². The number of rotatable bonds is 7. The monoisotopic (exact) mass is 449 g/mol. The summed E-state index contributed by atoms with van der Waals surface area (Å²) < 4.78 is 66.1. The van der Waals surface area contributed by atoms with Crippen LogP contribution in [0.2, 0.25) is 0 Å². The molecule has 1 aliphatic rings. The fraction of sp³-hybridized carbons (Fsp3) is 0.500. The lowest BCUT2D eigenvalue weighted by Crippen LogP contribution is -2.21. The molecule has 3 rings (SSSR count). The highest BCUT2D eigenvalue weighted by Crippen LogP contribution is 2.28. The van der Waals surface area contributed by atoms with E-state index in [4.69, 9.17) is 14.6 Å². The number of halogens is 5. The fourth-order valence-corrected chi connectivity index (χ4v) is 3.19. The summed E-state index contributed by atoms with van der Waals surface area (Å²) in [6.45, 7) is 1.53. The summed E-state index contributed by atoms with van der Waals surface area (Å²) in [6, 6.07) is 5.41. The summed E-state index contributed by atoms with van der Waals surface area (Å²) in [4.78, 5) is 8.90. The van der Waals surface area contributed by atoms with Crippen molar-refractivity contribution < 1.29 is 36.6 Å². The smallest absolute Gasteiger partial charge is 0.475 e. The zero-order chi connectivity index (χ0) is 23.0. The van der Waals surface area contributed by atoms with Gasteiger partial charge in [-0.3, -0.25) is 0 Å². The second-order valence-electron chi connectivity index (χ2n) is 7.16. The molecule has 172 valence electrons. The summed E-state index contributed by atoms with van der Waals surface area (Å²) in [7, 11) is 1.87. The van der Waals surface area contributed by atoms with Crippen molar-refractivity contribution in [2.45, 2.75) is 51.6 Å². The minimum Gasteiger partial charge on any atom is -0.475 e. The quantitative estimate of drug-likeness (QED) is 0.617. The molecule has 1 fully saturated rings. The standard InChI is InChI=1S/C18H23F2N3O.C2HF3O2/c1-21-10-16-9-18(23(22-16)11-13-4-2-3-5-13)24-12-14-6-7-15(19)8-17(14)20;3-2(4,5)1(6)7/h6-9,13,21H,2-5,10-12H2,1H3;(H,6,7). The molecule has 2 aromatic rings. The lowest BCUT2D eigenvalue weighted by atomic mass is 10.1. The van der Waals surface area contributed by atoms with Crippen molar-refractivity contribution in [1.29, 1.82) is 0 Å². The Morgan fingerprint density at radius 1 is 1.26 bits per heavy atom. The molecule has 0 bridgehead atoms. The number of alkyl halides is 3. The van der Waals surface area contributed by atoms with Gasteiger partial charge in [0.25, 0.3) is 0 Å². The SMILES string of the molecule is CNCc1cc(OCc2ccc(F)cc2F)n(CC2CCCC2)n1.O=C(O)C(F)(F)F. The number of ether oxygens (including phenoxy) is 1. The number of benzene rings is 1. The second kappa shape index (κ2) is 11.1. The molecule has 0 radical (unpaired) electrons. The molecule has 1 aromatic carbocycles. The number of aromatic nitrogens is 2. The van der Waals surface area contributed by atoms with Crippen LogP contribution < -0.4 is 10.1 Å². The largest absolute Gasteiger partial charge is 0.490 e. The number of nitrogens with zero attached hydrogens (tertiary/aromatic N) is 2. The van der Waals surface area contributed by atoms with Gasteiger partial charge in [-0.2, -0.15) is 18.3 Å². The third-order valence-corrected chi connectivity index (χ3v) is 4.69. The van der Waals surface area contributed by atoms with Crippen molar-refractivity contribution in [3.05, 3.63) is 47.2 Å². The van der Waals surface area contributed by atoms with Gasteiger partial charge < -0.3 is 15.2 Å². The molecule has 1 aromatic heterocycles. The van der Waals surface area contributed by atoms with Crippen LogP contribution in [0.5, 0.6) is 5.88 Å². The maximum absolute atomic E-state index is 13.8. The molecular formula is C20H24F5N3O3. The summed E-state index contributed by atoms with van der Waals surface area (Å²) >= 11 is 0. The van der Waals surface area contributed by atoms with E-state index in [0.717, 1.165) is 18.3 Å². The Hall–Kier alpha value is -2.69. The van der Waals surface area contributed by atoms with Gasteiger partial charge in [-0.15, -0.1) is 0 Å². The molecule has 0 atom stereocenters. The van der Waals surface area contributed by atoms with Gasteiger partial charge in [0.2, 0.25) is 5.88 Å². The molecule has 1 aliphatic carbocycles. The fourth-order valence-electron chi connectivity index (χ4n) is 3.19. The Kier molecular flexibility index (Phi) is 8.78.